The van der Waals surface area contributed by atoms with Gasteiger partial charge in [-0.15, -0.1) is 0 Å². The third kappa shape index (κ3) is 4.16. The number of hydrogen-bond donors (Lipinski definition) is 1. The summed E-state index contributed by atoms with van der Waals surface area (Å²) in [7, 11) is 0. The molecule has 0 saturated carbocycles. The Balaban J connectivity index is 1.93. The predicted molar refractivity (Wildman–Crippen MR) is 84.0 cm³/mol. The maximum atomic E-state index is 12.8. The Labute approximate surface area is 145 Å². The fourth-order valence-electron chi connectivity index (χ4n) is 2.20. The zero-order valence-corrected chi connectivity index (χ0v) is 14.8. The average molecular weight is 408 g/mol. The zero-order chi connectivity index (χ0) is 17.9. The average Bonchev–Trinajstić information content (AvgIpc) is 3.08. The van der Waals surface area contributed by atoms with Gasteiger partial charge in [0.25, 0.3) is 0 Å². The van der Waals surface area contributed by atoms with E-state index in [1.54, 1.807) is 16.9 Å². The molecule has 0 aromatic carbocycles. The van der Waals surface area contributed by atoms with Gasteiger partial charge in [-0.05, 0) is 35.8 Å². The van der Waals surface area contributed by atoms with Crippen LogP contribution in [0.15, 0.2) is 16.7 Å². The first-order valence-corrected chi connectivity index (χ1v) is 8.10. The number of alkyl halides is 3. The van der Waals surface area contributed by atoms with E-state index in [2.05, 4.69) is 31.4 Å². The highest BCUT2D eigenvalue weighted by Gasteiger charge is 2.37. The molecule has 1 N–H and O–H groups in total. The molecule has 0 saturated heterocycles. The van der Waals surface area contributed by atoms with Crippen LogP contribution in [-0.2, 0) is 30.6 Å². The van der Waals surface area contributed by atoms with E-state index in [-0.39, 0.29) is 23.3 Å². The number of amides is 1. The smallest absolute Gasteiger partial charge is 0.350 e. The maximum absolute atomic E-state index is 12.8. The lowest BCUT2D eigenvalue weighted by Crippen LogP contribution is -2.25. The number of nitrogens with one attached hydrogen (secondary N) is 1. The van der Waals surface area contributed by atoms with Gasteiger partial charge in [0.05, 0.1) is 29.0 Å². The summed E-state index contributed by atoms with van der Waals surface area (Å²) in [6, 6.07) is 1.80. The van der Waals surface area contributed by atoms with Gasteiger partial charge >= 0.3 is 6.18 Å². The molecule has 0 radical (unpaired) electrons. The zero-order valence-electron chi connectivity index (χ0n) is 13.2. The first-order valence-electron chi connectivity index (χ1n) is 7.31. The first-order chi connectivity index (χ1) is 11.2. The highest BCUT2D eigenvalue weighted by atomic mass is 79.9. The molecule has 2 aromatic rings. The van der Waals surface area contributed by atoms with Gasteiger partial charge in [0, 0.05) is 19.2 Å². The summed E-state index contributed by atoms with van der Waals surface area (Å²) in [6.07, 6.45) is -2.85. The molecule has 0 fully saturated rings. The molecule has 0 unspecified atom stereocenters. The summed E-state index contributed by atoms with van der Waals surface area (Å²) in [5.41, 5.74) is 0.217. The molecule has 2 rings (SSSR count). The van der Waals surface area contributed by atoms with Crippen LogP contribution in [0.4, 0.5) is 13.2 Å². The van der Waals surface area contributed by atoms with Crippen LogP contribution in [0.3, 0.4) is 0 Å². The van der Waals surface area contributed by atoms with E-state index in [0.29, 0.717) is 18.8 Å². The molecule has 24 heavy (non-hydrogen) atoms. The highest BCUT2D eigenvalue weighted by Crippen LogP contribution is 2.35. The van der Waals surface area contributed by atoms with Crippen molar-refractivity contribution in [3.05, 3.63) is 33.8 Å². The minimum absolute atomic E-state index is 0.0342. The van der Waals surface area contributed by atoms with Crippen LogP contribution < -0.4 is 5.32 Å². The van der Waals surface area contributed by atoms with E-state index >= 15 is 0 Å². The van der Waals surface area contributed by atoms with Gasteiger partial charge in [-0.2, -0.15) is 23.4 Å². The van der Waals surface area contributed by atoms with Crippen molar-refractivity contribution in [1.29, 1.82) is 0 Å². The Morgan fingerprint density at radius 2 is 2.08 bits per heavy atom. The minimum Gasteiger partial charge on any atom is -0.350 e. The number of carbonyl (C=O) groups excluding carboxylic acids is 1. The van der Waals surface area contributed by atoms with Crippen molar-refractivity contribution >= 4 is 21.8 Å². The lowest BCUT2D eigenvalue weighted by Gasteiger charge is -2.08. The van der Waals surface area contributed by atoms with Crippen LogP contribution in [0.2, 0.25) is 0 Å². The van der Waals surface area contributed by atoms with Gasteiger partial charge in [-0.25, -0.2) is 0 Å². The van der Waals surface area contributed by atoms with Gasteiger partial charge in [0.2, 0.25) is 5.91 Å². The number of carbonyl (C=O) groups is 1. The van der Waals surface area contributed by atoms with Crippen LogP contribution >= 0.6 is 15.9 Å². The van der Waals surface area contributed by atoms with Crippen molar-refractivity contribution in [2.24, 2.45) is 0 Å². The van der Waals surface area contributed by atoms with Crippen molar-refractivity contribution in [2.75, 3.05) is 0 Å². The van der Waals surface area contributed by atoms with Crippen LogP contribution in [0, 0.1) is 6.92 Å². The fraction of sp³-hybridized carbons (Fsp3) is 0.500. The van der Waals surface area contributed by atoms with Crippen molar-refractivity contribution < 1.29 is 18.0 Å². The van der Waals surface area contributed by atoms with Crippen molar-refractivity contribution in [3.63, 3.8) is 0 Å². The van der Waals surface area contributed by atoms with Crippen LogP contribution in [-0.4, -0.2) is 25.5 Å². The largest absolute Gasteiger partial charge is 0.436 e. The molecular formula is C14H17BrF3N5O. The second-order valence-corrected chi connectivity index (χ2v) is 5.93. The highest BCUT2D eigenvalue weighted by molar-refractivity contribution is 9.10. The molecule has 2 heterocycles. The Morgan fingerprint density at radius 3 is 2.67 bits per heavy atom. The fourth-order valence-corrected chi connectivity index (χ4v) is 2.71. The third-order valence-corrected chi connectivity index (χ3v) is 4.47. The van der Waals surface area contributed by atoms with Gasteiger partial charge < -0.3 is 5.32 Å². The quantitative estimate of drug-likeness (QED) is 0.800. The number of aromatic nitrogens is 4. The van der Waals surface area contributed by atoms with Gasteiger partial charge in [-0.1, -0.05) is 0 Å². The van der Waals surface area contributed by atoms with E-state index in [0.717, 1.165) is 5.69 Å². The van der Waals surface area contributed by atoms with E-state index in [4.69, 9.17) is 0 Å². The van der Waals surface area contributed by atoms with E-state index in [1.807, 2.05) is 6.92 Å². The molecule has 0 aliphatic rings. The standard InChI is InChI=1S/C14H17BrF3N5O/c1-3-22-10(4-6-20-22)8-19-11(24)5-7-23-9(2)12(15)13(21-23)14(16,17)18/h4,6H,3,5,7-8H2,1-2H3,(H,19,24). The molecule has 0 spiro atoms. The summed E-state index contributed by atoms with van der Waals surface area (Å²) in [4.78, 5) is 11.9. The Morgan fingerprint density at radius 1 is 1.38 bits per heavy atom. The number of aryl methyl sites for hydroxylation is 2. The van der Waals surface area contributed by atoms with Crippen molar-refractivity contribution in [3.8, 4) is 0 Å². The van der Waals surface area contributed by atoms with Crippen LogP contribution in [0.1, 0.15) is 30.4 Å². The van der Waals surface area contributed by atoms with Gasteiger partial charge in [-0.3, -0.25) is 14.2 Å². The van der Waals surface area contributed by atoms with Crippen molar-refractivity contribution in [1.82, 2.24) is 24.9 Å². The Bertz CT molecular complexity index is 723. The topological polar surface area (TPSA) is 64.7 Å². The van der Waals surface area contributed by atoms with Crippen molar-refractivity contribution in [2.45, 2.75) is 46.1 Å². The van der Waals surface area contributed by atoms with E-state index in [9.17, 15) is 18.0 Å². The molecule has 0 aliphatic heterocycles. The Kier molecular flexibility index (Phi) is 5.68. The maximum Gasteiger partial charge on any atom is 0.436 e. The summed E-state index contributed by atoms with van der Waals surface area (Å²) < 4.78 is 41.2. The second-order valence-electron chi connectivity index (χ2n) is 5.13. The lowest BCUT2D eigenvalue weighted by atomic mass is 10.3. The molecular weight excluding hydrogens is 391 g/mol. The lowest BCUT2D eigenvalue weighted by molar-refractivity contribution is -0.142. The van der Waals surface area contributed by atoms with Crippen LogP contribution in [0.5, 0.6) is 0 Å². The van der Waals surface area contributed by atoms with E-state index in [1.165, 1.54) is 11.6 Å². The van der Waals surface area contributed by atoms with E-state index < -0.39 is 11.9 Å². The minimum atomic E-state index is -4.53. The summed E-state index contributed by atoms with van der Waals surface area (Å²) in [5, 5.41) is 10.4. The molecule has 2 aromatic heterocycles. The first kappa shape index (κ1) is 18.5. The molecule has 10 heteroatoms. The molecule has 0 aliphatic carbocycles. The normalized spacial score (nSPS) is 11.8. The molecule has 6 nitrogen and oxygen atoms in total. The monoisotopic (exact) mass is 407 g/mol. The Hall–Kier alpha value is -1.84. The van der Waals surface area contributed by atoms with Gasteiger partial charge in [0.15, 0.2) is 5.69 Å². The molecule has 0 bridgehead atoms. The number of rotatable bonds is 6. The van der Waals surface area contributed by atoms with Gasteiger partial charge in [0.1, 0.15) is 0 Å². The molecule has 1 amide bonds. The summed E-state index contributed by atoms with van der Waals surface area (Å²) >= 11 is 2.90. The predicted octanol–water partition coefficient (Wildman–Crippen LogP) is 2.90. The number of nitrogens with zero attached hydrogens (tertiary/aromatic N) is 4. The summed E-state index contributed by atoms with van der Waals surface area (Å²) in [6.45, 7) is 4.54. The summed E-state index contributed by atoms with van der Waals surface area (Å²) in [5.74, 6) is -0.265. The molecule has 132 valence electrons. The molecule has 0 atom stereocenters. The number of halogens is 4. The third-order valence-electron chi connectivity index (χ3n) is 3.52. The SMILES string of the molecule is CCn1nccc1CNC(=O)CCn1nc(C(F)(F)F)c(Br)c1C. The number of hydrogen-bond acceptors (Lipinski definition) is 3. The second kappa shape index (κ2) is 7.37. The van der Waals surface area contributed by atoms with Crippen LogP contribution in [0.25, 0.3) is 0 Å².